The van der Waals surface area contributed by atoms with E-state index in [0.717, 1.165) is 6.54 Å². The van der Waals surface area contributed by atoms with E-state index in [4.69, 9.17) is 9.47 Å². The van der Waals surface area contributed by atoms with Crippen molar-refractivity contribution in [1.29, 1.82) is 0 Å². The summed E-state index contributed by atoms with van der Waals surface area (Å²) < 4.78 is 12.6. The molecule has 2 heterocycles. The molecule has 0 atom stereocenters. The molecule has 1 saturated heterocycles. The SMILES string of the molecule is CCOC(OCC)c1cn(CCN2CCNC2=O)nn1. The summed E-state index contributed by atoms with van der Waals surface area (Å²) in [5.41, 5.74) is 0.652. The summed E-state index contributed by atoms with van der Waals surface area (Å²) in [6.45, 7) is 7.56. The van der Waals surface area contributed by atoms with Gasteiger partial charge >= 0.3 is 6.03 Å². The van der Waals surface area contributed by atoms with Crippen LogP contribution in [0.1, 0.15) is 25.8 Å². The minimum Gasteiger partial charge on any atom is -0.347 e. The van der Waals surface area contributed by atoms with Crippen molar-refractivity contribution in [1.82, 2.24) is 25.2 Å². The lowest BCUT2D eigenvalue weighted by molar-refractivity contribution is -0.142. The molecule has 2 amide bonds. The van der Waals surface area contributed by atoms with Gasteiger partial charge in [0, 0.05) is 32.8 Å². The zero-order valence-electron chi connectivity index (χ0n) is 11.9. The van der Waals surface area contributed by atoms with Crippen molar-refractivity contribution in [2.24, 2.45) is 0 Å². The topological polar surface area (TPSA) is 81.5 Å². The lowest BCUT2D eigenvalue weighted by Gasteiger charge is -2.14. The normalized spacial score (nSPS) is 15.2. The Balaban J connectivity index is 1.88. The van der Waals surface area contributed by atoms with E-state index in [1.54, 1.807) is 15.8 Å². The molecule has 2 rings (SSSR count). The number of aromatic nitrogens is 3. The van der Waals surface area contributed by atoms with Gasteiger partial charge in [0.05, 0.1) is 12.7 Å². The standard InChI is InChI=1S/C12H21N5O3/c1-3-19-11(20-4-2)10-9-17(15-14-10)8-7-16-6-5-13-12(16)18/h9,11H,3-8H2,1-2H3,(H,13,18). The average molecular weight is 283 g/mol. The van der Waals surface area contributed by atoms with Crippen LogP contribution in [0.15, 0.2) is 6.20 Å². The Bertz CT molecular complexity index is 430. The Kier molecular flexibility index (Phi) is 5.31. The molecule has 0 unspecified atom stereocenters. The molecule has 0 bridgehead atoms. The average Bonchev–Trinajstić information content (AvgIpc) is 3.05. The minimum atomic E-state index is -0.478. The maximum atomic E-state index is 11.4. The van der Waals surface area contributed by atoms with Crippen LogP contribution in [0.3, 0.4) is 0 Å². The number of ether oxygens (including phenoxy) is 2. The van der Waals surface area contributed by atoms with E-state index in [1.807, 2.05) is 13.8 Å². The first kappa shape index (κ1) is 14.7. The summed E-state index contributed by atoms with van der Waals surface area (Å²) in [6.07, 6.45) is 1.32. The minimum absolute atomic E-state index is 0.0214. The molecule has 112 valence electrons. The van der Waals surface area contributed by atoms with Gasteiger partial charge in [-0.1, -0.05) is 5.21 Å². The van der Waals surface area contributed by atoms with Crippen molar-refractivity contribution in [3.8, 4) is 0 Å². The molecule has 8 heteroatoms. The van der Waals surface area contributed by atoms with E-state index in [0.29, 0.717) is 38.5 Å². The highest BCUT2D eigenvalue weighted by Gasteiger charge is 2.20. The van der Waals surface area contributed by atoms with Crippen molar-refractivity contribution in [3.05, 3.63) is 11.9 Å². The number of carbonyl (C=O) groups is 1. The fourth-order valence-electron chi connectivity index (χ4n) is 2.00. The predicted octanol–water partition coefficient (Wildman–Crippen LogP) is 0.375. The van der Waals surface area contributed by atoms with Crippen molar-refractivity contribution >= 4 is 6.03 Å². The molecule has 20 heavy (non-hydrogen) atoms. The molecule has 8 nitrogen and oxygen atoms in total. The van der Waals surface area contributed by atoms with Gasteiger partial charge in [0.15, 0.2) is 0 Å². The van der Waals surface area contributed by atoms with Gasteiger partial charge in [-0.2, -0.15) is 0 Å². The van der Waals surface area contributed by atoms with Crippen molar-refractivity contribution in [2.45, 2.75) is 26.7 Å². The number of hydrogen-bond donors (Lipinski definition) is 1. The van der Waals surface area contributed by atoms with Gasteiger partial charge in [0.2, 0.25) is 6.29 Å². The summed E-state index contributed by atoms with van der Waals surface area (Å²) in [5.74, 6) is 0. The molecule has 1 N–H and O–H groups in total. The number of urea groups is 1. The largest absolute Gasteiger partial charge is 0.347 e. The molecule has 0 radical (unpaired) electrons. The maximum absolute atomic E-state index is 11.4. The van der Waals surface area contributed by atoms with Crippen LogP contribution >= 0.6 is 0 Å². The van der Waals surface area contributed by atoms with Crippen LogP contribution < -0.4 is 5.32 Å². The lowest BCUT2D eigenvalue weighted by Crippen LogP contribution is -2.31. The van der Waals surface area contributed by atoms with Crippen LogP contribution in [-0.4, -0.2) is 58.8 Å². The van der Waals surface area contributed by atoms with Crippen molar-refractivity contribution in [2.75, 3.05) is 32.8 Å². The van der Waals surface area contributed by atoms with Crippen LogP contribution in [0.5, 0.6) is 0 Å². The Morgan fingerprint density at radius 3 is 2.70 bits per heavy atom. The molecule has 1 fully saturated rings. The monoisotopic (exact) mass is 283 g/mol. The molecule has 0 saturated carbocycles. The summed E-state index contributed by atoms with van der Waals surface area (Å²) in [7, 11) is 0. The van der Waals surface area contributed by atoms with E-state index in [-0.39, 0.29) is 6.03 Å². The molecule has 1 aromatic rings. The van der Waals surface area contributed by atoms with Crippen LogP contribution in [0.2, 0.25) is 0 Å². The van der Waals surface area contributed by atoms with Crippen molar-refractivity contribution < 1.29 is 14.3 Å². The highest BCUT2D eigenvalue weighted by molar-refractivity contribution is 5.76. The Morgan fingerprint density at radius 1 is 1.35 bits per heavy atom. The van der Waals surface area contributed by atoms with Crippen molar-refractivity contribution in [3.63, 3.8) is 0 Å². The molecular formula is C12H21N5O3. The van der Waals surface area contributed by atoms with Gasteiger partial charge < -0.3 is 19.7 Å². The molecule has 1 aliphatic rings. The smallest absolute Gasteiger partial charge is 0.317 e. The van der Waals surface area contributed by atoms with Gasteiger partial charge in [-0.05, 0) is 13.8 Å². The Labute approximate surface area is 118 Å². The van der Waals surface area contributed by atoms with E-state index in [9.17, 15) is 4.79 Å². The van der Waals surface area contributed by atoms with E-state index < -0.39 is 6.29 Å². The first-order chi connectivity index (χ1) is 9.74. The maximum Gasteiger partial charge on any atom is 0.317 e. The third-order valence-corrected chi connectivity index (χ3v) is 2.98. The number of nitrogens with zero attached hydrogens (tertiary/aromatic N) is 4. The third kappa shape index (κ3) is 3.67. The second kappa shape index (κ2) is 7.20. The third-order valence-electron chi connectivity index (χ3n) is 2.98. The Hall–Kier alpha value is -1.67. The zero-order valence-corrected chi connectivity index (χ0v) is 11.9. The quantitative estimate of drug-likeness (QED) is 0.697. The summed E-state index contributed by atoms with van der Waals surface area (Å²) in [6, 6.07) is -0.0214. The number of hydrogen-bond acceptors (Lipinski definition) is 5. The number of rotatable bonds is 8. The molecule has 0 spiro atoms. The second-order valence-corrected chi connectivity index (χ2v) is 4.37. The van der Waals surface area contributed by atoms with E-state index >= 15 is 0 Å². The lowest BCUT2D eigenvalue weighted by atomic mass is 10.4. The first-order valence-corrected chi connectivity index (χ1v) is 6.90. The highest BCUT2D eigenvalue weighted by Crippen LogP contribution is 2.15. The molecule has 0 aromatic carbocycles. The van der Waals surface area contributed by atoms with E-state index in [2.05, 4.69) is 15.6 Å². The van der Waals surface area contributed by atoms with Gasteiger partial charge in [-0.25, -0.2) is 4.79 Å². The zero-order chi connectivity index (χ0) is 14.4. The van der Waals surface area contributed by atoms with Crippen LogP contribution in [0, 0.1) is 0 Å². The fourth-order valence-corrected chi connectivity index (χ4v) is 2.00. The summed E-state index contributed by atoms with van der Waals surface area (Å²) in [5, 5.41) is 10.9. The van der Waals surface area contributed by atoms with Gasteiger partial charge in [-0.3, -0.25) is 4.68 Å². The fraction of sp³-hybridized carbons (Fsp3) is 0.750. The first-order valence-electron chi connectivity index (χ1n) is 6.90. The Morgan fingerprint density at radius 2 is 2.10 bits per heavy atom. The molecule has 0 aliphatic carbocycles. The molecular weight excluding hydrogens is 262 g/mol. The van der Waals surface area contributed by atoms with Crippen LogP contribution in [-0.2, 0) is 16.0 Å². The summed E-state index contributed by atoms with van der Waals surface area (Å²) in [4.78, 5) is 13.2. The number of amides is 2. The van der Waals surface area contributed by atoms with Gasteiger partial charge in [0.25, 0.3) is 0 Å². The van der Waals surface area contributed by atoms with E-state index in [1.165, 1.54) is 0 Å². The number of carbonyl (C=O) groups excluding carboxylic acids is 1. The summed E-state index contributed by atoms with van der Waals surface area (Å²) >= 11 is 0. The number of nitrogens with one attached hydrogen (secondary N) is 1. The van der Waals surface area contributed by atoms with Gasteiger partial charge in [0.1, 0.15) is 5.69 Å². The molecule has 1 aliphatic heterocycles. The second-order valence-electron chi connectivity index (χ2n) is 4.37. The van der Waals surface area contributed by atoms with Crippen LogP contribution in [0.4, 0.5) is 4.79 Å². The molecule has 1 aromatic heterocycles. The van der Waals surface area contributed by atoms with Gasteiger partial charge in [-0.15, -0.1) is 5.10 Å². The highest BCUT2D eigenvalue weighted by atomic mass is 16.7. The van der Waals surface area contributed by atoms with Crippen LogP contribution in [0.25, 0.3) is 0 Å². The predicted molar refractivity (Wildman–Crippen MR) is 71.0 cm³/mol.